The lowest BCUT2D eigenvalue weighted by atomic mass is 10.0. The normalized spacial score (nSPS) is 14.1. The molecule has 0 amide bonds. The Bertz CT molecular complexity index is 1740. The number of hydrogen-bond donors (Lipinski definition) is 3. The minimum Gasteiger partial charge on any atom is -0.462 e. The van der Waals surface area contributed by atoms with Crippen LogP contribution in [0.3, 0.4) is 0 Å². The zero-order valence-corrected chi connectivity index (χ0v) is 60.1. The van der Waals surface area contributed by atoms with Crippen LogP contribution >= 0.6 is 15.6 Å². The van der Waals surface area contributed by atoms with E-state index in [4.69, 9.17) is 37.0 Å². The van der Waals surface area contributed by atoms with Crippen molar-refractivity contribution in [2.45, 2.75) is 387 Å². The molecule has 0 heterocycles. The minimum absolute atomic E-state index is 0.103. The number of carbonyl (C=O) groups is 4. The Labute approximate surface area is 549 Å². The van der Waals surface area contributed by atoms with E-state index in [1.165, 1.54) is 173 Å². The van der Waals surface area contributed by atoms with Gasteiger partial charge in [0.05, 0.1) is 26.4 Å². The highest BCUT2D eigenvalue weighted by molar-refractivity contribution is 7.47. The number of rotatable bonds is 71. The molecule has 2 unspecified atom stereocenters. The summed E-state index contributed by atoms with van der Waals surface area (Å²) in [6.45, 7) is 7.15. The number of carbonyl (C=O) groups excluding carboxylic acids is 4. The van der Waals surface area contributed by atoms with Gasteiger partial charge < -0.3 is 33.8 Å². The van der Waals surface area contributed by atoms with Crippen molar-refractivity contribution >= 4 is 39.5 Å². The number of esters is 4. The molecular weight excluding hydrogens is 1190 g/mol. The van der Waals surface area contributed by atoms with Crippen LogP contribution in [0.1, 0.15) is 369 Å². The number of unbranched alkanes of at least 4 members (excludes halogenated alkanes) is 43. The highest BCUT2D eigenvalue weighted by atomic mass is 31.2. The van der Waals surface area contributed by atoms with Crippen molar-refractivity contribution in [3.63, 3.8) is 0 Å². The summed E-state index contributed by atoms with van der Waals surface area (Å²) in [5.41, 5.74) is 0. The zero-order valence-electron chi connectivity index (χ0n) is 58.3. The molecule has 0 aliphatic rings. The zero-order chi connectivity index (χ0) is 66.3. The second-order valence-electron chi connectivity index (χ2n) is 26.1. The van der Waals surface area contributed by atoms with Crippen molar-refractivity contribution in [1.29, 1.82) is 0 Å². The van der Waals surface area contributed by atoms with Gasteiger partial charge in [-0.15, -0.1) is 0 Å². The number of aliphatic hydroxyl groups excluding tert-OH is 1. The summed E-state index contributed by atoms with van der Waals surface area (Å²) in [7, 11) is -9.88. The first-order valence-corrected chi connectivity index (χ1v) is 40.1. The molecule has 0 bridgehead atoms. The third kappa shape index (κ3) is 64.8. The average Bonchev–Trinajstić information content (AvgIpc) is 2.99. The van der Waals surface area contributed by atoms with Gasteiger partial charge in [0.15, 0.2) is 12.2 Å². The molecule has 0 saturated carbocycles. The molecular formula is C71H138O17P2. The third-order valence-electron chi connectivity index (χ3n) is 16.5. The van der Waals surface area contributed by atoms with Gasteiger partial charge in [0.1, 0.15) is 19.3 Å². The van der Waals surface area contributed by atoms with Crippen LogP contribution in [-0.4, -0.2) is 96.7 Å². The number of ether oxygens (including phenoxy) is 4. The number of phosphoric acid groups is 2. The molecule has 3 N–H and O–H groups in total. The summed E-state index contributed by atoms with van der Waals surface area (Å²) < 4.78 is 67.9. The maximum Gasteiger partial charge on any atom is 0.472 e. The number of phosphoric ester groups is 2. The van der Waals surface area contributed by atoms with Crippen LogP contribution in [0.25, 0.3) is 0 Å². The van der Waals surface area contributed by atoms with E-state index in [0.29, 0.717) is 25.7 Å². The second kappa shape index (κ2) is 64.4. The monoisotopic (exact) mass is 1320 g/mol. The summed E-state index contributed by atoms with van der Waals surface area (Å²) in [5, 5.41) is 10.5. The van der Waals surface area contributed by atoms with Gasteiger partial charge in [-0.2, -0.15) is 0 Å². The van der Waals surface area contributed by atoms with E-state index in [1.54, 1.807) is 0 Å². The van der Waals surface area contributed by atoms with Crippen LogP contribution in [0, 0.1) is 5.92 Å². The Hall–Kier alpha value is -1.94. The van der Waals surface area contributed by atoms with Gasteiger partial charge in [0.25, 0.3) is 0 Å². The van der Waals surface area contributed by atoms with E-state index in [-0.39, 0.29) is 25.7 Å². The van der Waals surface area contributed by atoms with Gasteiger partial charge in [-0.25, -0.2) is 9.13 Å². The van der Waals surface area contributed by atoms with Gasteiger partial charge >= 0.3 is 39.5 Å². The maximum atomic E-state index is 13.0. The fourth-order valence-electron chi connectivity index (χ4n) is 10.8. The summed E-state index contributed by atoms with van der Waals surface area (Å²) in [6, 6.07) is 0. The van der Waals surface area contributed by atoms with Crippen LogP contribution in [0.2, 0.25) is 0 Å². The van der Waals surface area contributed by atoms with E-state index in [1.807, 2.05) is 0 Å². The SMILES string of the molecule is CCCCCCCCCCCCCCCCCCCC(=O)OC[C@H](COP(=O)(O)OC[C@@H](O)COP(=O)(O)OC[C@@H](COC(=O)CCCCCCC)OC(=O)CCCCCCCCC)OC(=O)CCCCCCCCCCCCCCCCCCCCC(C)C. The molecule has 0 aromatic rings. The maximum absolute atomic E-state index is 13.0. The van der Waals surface area contributed by atoms with Crippen LogP contribution < -0.4 is 0 Å². The lowest BCUT2D eigenvalue weighted by molar-refractivity contribution is -0.161. The molecule has 90 heavy (non-hydrogen) atoms. The summed E-state index contributed by atoms with van der Waals surface area (Å²) in [4.78, 5) is 72.1. The van der Waals surface area contributed by atoms with E-state index < -0.39 is 97.5 Å². The van der Waals surface area contributed by atoms with Crippen LogP contribution in [0.4, 0.5) is 0 Å². The van der Waals surface area contributed by atoms with Crippen molar-refractivity contribution in [3.8, 4) is 0 Å². The van der Waals surface area contributed by atoms with Crippen molar-refractivity contribution in [1.82, 2.24) is 0 Å². The Morgan fingerprint density at radius 1 is 0.300 bits per heavy atom. The molecule has 0 rings (SSSR count). The van der Waals surface area contributed by atoms with Crippen molar-refractivity contribution < 1.29 is 80.2 Å². The molecule has 534 valence electrons. The molecule has 0 aliphatic carbocycles. The Kier molecular flexibility index (Phi) is 63.0. The molecule has 0 aromatic heterocycles. The Morgan fingerprint density at radius 3 is 0.756 bits per heavy atom. The predicted molar refractivity (Wildman–Crippen MR) is 363 cm³/mol. The fourth-order valence-corrected chi connectivity index (χ4v) is 12.4. The summed E-state index contributed by atoms with van der Waals surface area (Å²) in [5.74, 6) is -1.32. The summed E-state index contributed by atoms with van der Waals surface area (Å²) >= 11 is 0. The second-order valence-corrected chi connectivity index (χ2v) is 29.0. The topological polar surface area (TPSA) is 237 Å². The van der Waals surface area contributed by atoms with Crippen LogP contribution in [0.5, 0.6) is 0 Å². The van der Waals surface area contributed by atoms with E-state index in [2.05, 4.69) is 34.6 Å². The highest BCUT2D eigenvalue weighted by Gasteiger charge is 2.30. The van der Waals surface area contributed by atoms with Crippen molar-refractivity contribution in [2.24, 2.45) is 5.92 Å². The van der Waals surface area contributed by atoms with E-state index in [0.717, 1.165) is 115 Å². The molecule has 0 spiro atoms. The largest absolute Gasteiger partial charge is 0.472 e. The van der Waals surface area contributed by atoms with Gasteiger partial charge in [0.2, 0.25) is 0 Å². The summed E-state index contributed by atoms with van der Waals surface area (Å²) in [6.07, 6.45) is 52.1. The number of hydrogen-bond acceptors (Lipinski definition) is 15. The molecule has 5 atom stereocenters. The lowest BCUT2D eigenvalue weighted by Gasteiger charge is -2.21. The third-order valence-corrected chi connectivity index (χ3v) is 18.4. The molecule has 0 aromatic carbocycles. The first-order chi connectivity index (χ1) is 43.5. The van der Waals surface area contributed by atoms with Crippen molar-refractivity contribution in [3.05, 3.63) is 0 Å². The van der Waals surface area contributed by atoms with Gasteiger partial charge in [0, 0.05) is 25.7 Å². The first-order valence-electron chi connectivity index (χ1n) is 37.1. The molecule has 0 saturated heterocycles. The lowest BCUT2D eigenvalue weighted by Crippen LogP contribution is -2.30. The van der Waals surface area contributed by atoms with Crippen LogP contribution in [-0.2, 0) is 65.4 Å². The molecule has 0 aliphatic heterocycles. The Morgan fingerprint density at radius 2 is 0.511 bits per heavy atom. The minimum atomic E-state index is -4.95. The standard InChI is InChI=1S/C71H138O17P2/c1-6-9-12-15-17-18-19-20-21-24-28-31-34-37-41-45-50-55-69(74)82-61-67(88-71(76)57-52-47-42-38-35-32-29-26-23-22-25-27-30-33-36-40-44-48-53-64(4)5)63-86-90(79,80)84-59-65(72)58-83-89(77,78)85-62-66(60-81-68(73)54-49-43-14-11-8-3)87-70(75)56-51-46-39-16-13-10-7-2/h64-67,72H,6-63H2,1-5H3,(H,77,78)(H,79,80)/t65-,66+,67+/m0/s1. The van der Waals surface area contributed by atoms with E-state index >= 15 is 0 Å². The van der Waals surface area contributed by atoms with Gasteiger partial charge in [-0.1, -0.05) is 317 Å². The van der Waals surface area contributed by atoms with Gasteiger partial charge in [-0.05, 0) is 31.6 Å². The molecule has 19 heteroatoms. The van der Waals surface area contributed by atoms with Crippen LogP contribution in [0.15, 0.2) is 0 Å². The molecule has 0 fully saturated rings. The predicted octanol–water partition coefficient (Wildman–Crippen LogP) is 20.5. The molecule has 17 nitrogen and oxygen atoms in total. The smallest absolute Gasteiger partial charge is 0.462 e. The highest BCUT2D eigenvalue weighted by Crippen LogP contribution is 2.45. The van der Waals surface area contributed by atoms with Crippen molar-refractivity contribution in [2.75, 3.05) is 39.6 Å². The van der Waals surface area contributed by atoms with E-state index in [9.17, 15) is 43.2 Å². The Balaban J connectivity index is 5.07. The quantitative estimate of drug-likeness (QED) is 0.0222. The average molecular weight is 1330 g/mol. The fraction of sp³-hybridized carbons (Fsp3) is 0.944. The number of aliphatic hydroxyl groups is 1. The molecule has 0 radical (unpaired) electrons. The first kappa shape index (κ1) is 88.1. The van der Waals surface area contributed by atoms with Gasteiger partial charge in [-0.3, -0.25) is 37.3 Å².